The van der Waals surface area contributed by atoms with E-state index < -0.39 is 12.1 Å². The Kier molecular flexibility index (Phi) is 11.5. The molecule has 2 atom stereocenters. The molecule has 11 heteroatoms. The van der Waals surface area contributed by atoms with Crippen molar-refractivity contribution in [1.82, 2.24) is 15.6 Å². The van der Waals surface area contributed by atoms with Crippen LogP contribution in [0.2, 0.25) is 0 Å². The number of rotatable bonds is 13. The second-order valence-corrected chi connectivity index (χ2v) is 11.4. The van der Waals surface area contributed by atoms with E-state index in [0.29, 0.717) is 55.0 Å². The van der Waals surface area contributed by atoms with Crippen molar-refractivity contribution in [2.75, 3.05) is 45.2 Å². The number of anilines is 1. The minimum Gasteiger partial charge on any atom is -0.493 e. The molecule has 2 unspecified atom stereocenters. The molecule has 0 aliphatic heterocycles. The molecule has 1 aliphatic rings. The van der Waals surface area contributed by atoms with Gasteiger partial charge in [0.15, 0.2) is 11.5 Å². The van der Waals surface area contributed by atoms with Crippen molar-refractivity contribution < 1.29 is 23.8 Å². The zero-order chi connectivity index (χ0) is 31.6. The standard InChI is InChI=1S/C33H40N4O6S/c1-20(38)36-25-11-9-21-18-29(41-2)31(42-3)32(43-4)30(21)23-10-12-26(28(39)19-24(23)25)37-27(14-17-44-5)33(40)35-16-13-22-8-6-7-15-34-22/h6-8,10,12,15,18-19,25,27H,9,11,13-14,16-17H2,1-5H3,(H,35,40)(H,36,38)(H,37,39). The third-order valence-corrected chi connectivity index (χ3v) is 8.22. The van der Waals surface area contributed by atoms with Gasteiger partial charge in [-0.25, -0.2) is 0 Å². The molecule has 3 aromatic rings. The van der Waals surface area contributed by atoms with Gasteiger partial charge in [0, 0.05) is 37.3 Å². The van der Waals surface area contributed by atoms with Crippen molar-refractivity contribution >= 4 is 29.3 Å². The minimum absolute atomic E-state index is 0.192. The number of methoxy groups -OCH3 is 3. The van der Waals surface area contributed by atoms with Crippen LogP contribution in [0.1, 0.15) is 42.6 Å². The number of nitrogens with one attached hydrogen (secondary N) is 3. The predicted molar refractivity (Wildman–Crippen MR) is 174 cm³/mol. The van der Waals surface area contributed by atoms with Crippen LogP contribution in [0.5, 0.6) is 17.2 Å². The molecular formula is C33H40N4O6S. The van der Waals surface area contributed by atoms with Gasteiger partial charge in [0.1, 0.15) is 6.04 Å². The molecule has 44 heavy (non-hydrogen) atoms. The Bertz CT molecular complexity index is 1540. The summed E-state index contributed by atoms with van der Waals surface area (Å²) in [6.45, 7) is 1.88. The maximum Gasteiger partial charge on any atom is 0.242 e. The van der Waals surface area contributed by atoms with Crippen molar-refractivity contribution in [1.29, 1.82) is 0 Å². The number of fused-ring (bicyclic) bond motifs is 3. The van der Waals surface area contributed by atoms with Gasteiger partial charge < -0.3 is 30.2 Å². The van der Waals surface area contributed by atoms with E-state index in [1.807, 2.05) is 36.6 Å². The largest absolute Gasteiger partial charge is 0.493 e. The van der Waals surface area contributed by atoms with Crippen LogP contribution in [0.25, 0.3) is 11.1 Å². The number of aryl methyl sites for hydroxylation is 1. The first-order valence-electron chi connectivity index (χ1n) is 14.5. The number of hydrogen-bond donors (Lipinski definition) is 3. The maximum atomic E-state index is 13.8. The molecular weight excluding hydrogens is 580 g/mol. The molecule has 10 nitrogen and oxygen atoms in total. The summed E-state index contributed by atoms with van der Waals surface area (Å²) >= 11 is 1.63. The first-order chi connectivity index (χ1) is 21.3. The van der Waals surface area contributed by atoms with Gasteiger partial charge in [0.25, 0.3) is 0 Å². The summed E-state index contributed by atoms with van der Waals surface area (Å²) in [5.41, 5.74) is 3.96. The molecule has 1 aromatic heterocycles. The summed E-state index contributed by atoms with van der Waals surface area (Å²) in [7, 11) is 4.67. The zero-order valence-electron chi connectivity index (χ0n) is 25.8. The zero-order valence-corrected chi connectivity index (χ0v) is 26.6. The highest BCUT2D eigenvalue weighted by Gasteiger charge is 2.30. The van der Waals surface area contributed by atoms with Crippen LogP contribution < -0.4 is 35.6 Å². The molecule has 0 radical (unpaired) electrons. The van der Waals surface area contributed by atoms with Crippen LogP contribution in [0.3, 0.4) is 0 Å². The number of benzene rings is 1. The lowest BCUT2D eigenvalue weighted by Crippen LogP contribution is -2.41. The predicted octanol–water partition coefficient (Wildman–Crippen LogP) is 4.15. The highest BCUT2D eigenvalue weighted by Crippen LogP contribution is 2.50. The molecule has 0 saturated carbocycles. The van der Waals surface area contributed by atoms with Gasteiger partial charge in [-0.2, -0.15) is 11.8 Å². The van der Waals surface area contributed by atoms with Crippen molar-refractivity contribution in [3.8, 4) is 28.4 Å². The number of ether oxygens (including phenoxy) is 3. The molecule has 0 fully saturated rings. The Balaban J connectivity index is 1.75. The highest BCUT2D eigenvalue weighted by molar-refractivity contribution is 7.98. The fourth-order valence-corrected chi connectivity index (χ4v) is 5.97. The Labute approximate surface area is 262 Å². The van der Waals surface area contributed by atoms with Gasteiger partial charge in [-0.15, -0.1) is 0 Å². The Morgan fingerprint density at radius 2 is 1.86 bits per heavy atom. The fourth-order valence-electron chi connectivity index (χ4n) is 5.50. The number of pyridine rings is 1. The van der Waals surface area contributed by atoms with Gasteiger partial charge in [0.05, 0.1) is 33.1 Å². The monoisotopic (exact) mass is 620 g/mol. The van der Waals surface area contributed by atoms with E-state index >= 15 is 0 Å². The van der Waals surface area contributed by atoms with Gasteiger partial charge in [-0.3, -0.25) is 19.4 Å². The van der Waals surface area contributed by atoms with E-state index in [4.69, 9.17) is 14.2 Å². The third-order valence-electron chi connectivity index (χ3n) is 7.58. The van der Waals surface area contributed by atoms with Crippen molar-refractivity contribution in [2.24, 2.45) is 0 Å². The molecule has 0 spiro atoms. The average molecular weight is 621 g/mol. The smallest absolute Gasteiger partial charge is 0.242 e. The summed E-state index contributed by atoms with van der Waals surface area (Å²) in [6.07, 6.45) is 5.98. The van der Waals surface area contributed by atoms with E-state index in [1.54, 1.807) is 51.4 Å². The van der Waals surface area contributed by atoms with Crippen LogP contribution in [-0.2, 0) is 22.4 Å². The molecule has 3 N–H and O–H groups in total. The van der Waals surface area contributed by atoms with Crippen molar-refractivity contribution in [2.45, 2.75) is 44.7 Å². The number of amides is 2. The van der Waals surface area contributed by atoms with Crippen LogP contribution in [0.4, 0.5) is 5.69 Å². The molecule has 0 saturated heterocycles. The van der Waals surface area contributed by atoms with Gasteiger partial charge in [-0.1, -0.05) is 12.1 Å². The van der Waals surface area contributed by atoms with Gasteiger partial charge >= 0.3 is 0 Å². The van der Waals surface area contributed by atoms with Crippen LogP contribution >= 0.6 is 11.8 Å². The lowest BCUT2D eigenvalue weighted by molar-refractivity contribution is -0.122. The quantitative estimate of drug-likeness (QED) is 0.258. The second kappa shape index (κ2) is 15.5. The fraction of sp³-hybridized carbons (Fsp3) is 0.394. The van der Waals surface area contributed by atoms with Crippen molar-refractivity contribution in [3.63, 3.8) is 0 Å². The number of carbonyl (C=O) groups is 2. The molecule has 0 bridgehead atoms. The molecule has 1 heterocycles. The molecule has 2 amide bonds. The van der Waals surface area contributed by atoms with E-state index in [9.17, 15) is 14.4 Å². The third kappa shape index (κ3) is 7.63. The summed E-state index contributed by atoms with van der Waals surface area (Å²) in [5, 5.41) is 9.23. The SMILES string of the molecule is COc1cc2c(c(OC)c1OC)-c1ccc(NC(CCSC)C(=O)NCCc3ccccn3)c(=O)cc1C(NC(C)=O)CC2. The second-order valence-electron chi connectivity index (χ2n) is 10.4. The van der Waals surface area contributed by atoms with Crippen LogP contribution in [0, 0.1) is 0 Å². The number of carbonyl (C=O) groups excluding carboxylic acids is 2. The Morgan fingerprint density at radius 3 is 2.52 bits per heavy atom. The molecule has 4 rings (SSSR count). The number of aromatic nitrogens is 1. The Hall–Kier alpha value is -4.25. The van der Waals surface area contributed by atoms with Gasteiger partial charge in [-0.05, 0) is 78.3 Å². The summed E-state index contributed by atoms with van der Waals surface area (Å²) in [4.78, 5) is 43.6. The maximum absolute atomic E-state index is 13.8. The minimum atomic E-state index is -0.626. The number of nitrogens with zero attached hydrogens (tertiary/aromatic N) is 1. The number of hydrogen-bond acceptors (Lipinski definition) is 9. The van der Waals surface area contributed by atoms with E-state index in [-0.39, 0.29) is 22.9 Å². The summed E-state index contributed by atoms with van der Waals surface area (Å²) in [5.74, 6) is 1.77. The lowest BCUT2D eigenvalue weighted by Gasteiger charge is -2.19. The highest BCUT2D eigenvalue weighted by atomic mass is 32.2. The van der Waals surface area contributed by atoms with E-state index in [2.05, 4.69) is 20.9 Å². The summed E-state index contributed by atoms with van der Waals surface area (Å²) in [6, 6.07) is 11.6. The first-order valence-corrected chi connectivity index (χ1v) is 15.9. The topological polar surface area (TPSA) is 128 Å². The van der Waals surface area contributed by atoms with Gasteiger partial charge in [0.2, 0.25) is 23.0 Å². The van der Waals surface area contributed by atoms with E-state index in [1.165, 1.54) is 6.92 Å². The van der Waals surface area contributed by atoms with Crippen LogP contribution in [0.15, 0.2) is 53.5 Å². The summed E-state index contributed by atoms with van der Waals surface area (Å²) < 4.78 is 17.1. The average Bonchev–Trinajstić information content (AvgIpc) is 3.26. The lowest BCUT2D eigenvalue weighted by atomic mass is 9.95. The molecule has 1 aliphatic carbocycles. The number of thioether (sulfide) groups is 1. The normalized spacial score (nSPS) is 14.2. The van der Waals surface area contributed by atoms with Crippen molar-refractivity contribution in [3.05, 3.63) is 75.7 Å². The molecule has 234 valence electrons. The van der Waals surface area contributed by atoms with E-state index in [0.717, 1.165) is 28.1 Å². The Morgan fingerprint density at radius 1 is 1.07 bits per heavy atom. The first kappa shape index (κ1) is 32.7. The molecule has 2 aromatic carbocycles. The van der Waals surface area contributed by atoms with Crippen LogP contribution in [-0.4, -0.2) is 62.7 Å².